The predicted octanol–water partition coefficient (Wildman–Crippen LogP) is 5.06. The van der Waals surface area contributed by atoms with Crippen LogP contribution in [-0.4, -0.2) is 37.9 Å². The van der Waals surface area contributed by atoms with Crippen molar-refractivity contribution in [2.75, 3.05) is 6.54 Å². The molecule has 0 bridgehead atoms. The quantitative estimate of drug-likeness (QED) is 0.636. The van der Waals surface area contributed by atoms with Crippen LogP contribution in [0.15, 0.2) is 24.5 Å². The first-order valence-electron chi connectivity index (χ1n) is 9.71. The number of aryl methyl sites for hydroxylation is 1. The molecule has 0 radical (unpaired) electrons. The Hall–Kier alpha value is -2.21. The number of fused-ring (bicyclic) bond motifs is 1. The Morgan fingerprint density at radius 3 is 2.89 bits per heavy atom. The number of carbonyl (C=O) groups is 1. The van der Waals surface area contributed by atoms with Crippen molar-refractivity contribution in [2.45, 2.75) is 59.0 Å². The second kappa shape index (κ2) is 7.08. The SMILES string of the molecule is Cc1nc(-c2cn(C(C)C)c3ncccc23)sc1C(=O)N1CCCCC1C. The van der Waals surface area contributed by atoms with E-state index in [1.54, 1.807) is 0 Å². The van der Waals surface area contributed by atoms with Gasteiger partial charge < -0.3 is 9.47 Å². The number of rotatable bonds is 3. The molecule has 1 unspecified atom stereocenters. The highest BCUT2D eigenvalue weighted by molar-refractivity contribution is 7.17. The lowest BCUT2D eigenvalue weighted by molar-refractivity contribution is 0.0639. The van der Waals surface area contributed by atoms with Crippen LogP contribution < -0.4 is 0 Å². The fourth-order valence-corrected chi connectivity index (χ4v) is 4.93. The highest BCUT2D eigenvalue weighted by Gasteiger charge is 2.28. The van der Waals surface area contributed by atoms with Gasteiger partial charge in [-0.25, -0.2) is 9.97 Å². The molecule has 0 N–H and O–H groups in total. The molecule has 1 aliphatic rings. The molecule has 0 aliphatic carbocycles. The van der Waals surface area contributed by atoms with Crippen LogP contribution in [0.25, 0.3) is 21.6 Å². The van der Waals surface area contributed by atoms with Crippen LogP contribution in [0, 0.1) is 6.92 Å². The van der Waals surface area contributed by atoms with E-state index >= 15 is 0 Å². The van der Waals surface area contributed by atoms with Crippen molar-refractivity contribution in [3.63, 3.8) is 0 Å². The summed E-state index contributed by atoms with van der Waals surface area (Å²) in [5, 5.41) is 1.99. The first-order chi connectivity index (χ1) is 13.0. The zero-order chi connectivity index (χ0) is 19.1. The molecule has 1 fully saturated rings. The van der Waals surface area contributed by atoms with E-state index in [1.165, 1.54) is 17.8 Å². The number of likely N-dealkylation sites (tertiary alicyclic amines) is 1. The Balaban J connectivity index is 1.76. The fraction of sp³-hybridized carbons (Fsp3) is 0.476. The van der Waals surface area contributed by atoms with Crippen molar-refractivity contribution < 1.29 is 4.79 Å². The van der Waals surface area contributed by atoms with Crippen LogP contribution in [0.1, 0.15) is 61.4 Å². The Morgan fingerprint density at radius 1 is 1.33 bits per heavy atom. The molecular weight excluding hydrogens is 356 g/mol. The van der Waals surface area contributed by atoms with E-state index in [-0.39, 0.29) is 5.91 Å². The monoisotopic (exact) mass is 382 g/mol. The van der Waals surface area contributed by atoms with E-state index in [2.05, 4.69) is 42.6 Å². The zero-order valence-electron chi connectivity index (χ0n) is 16.4. The van der Waals surface area contributed by atoms with Crippen molar-refractivity contribution in [3.05, 3.63) is 35.1 Å². The number of thiazole rings is 1. The molecule has 1 saturated heterocycles. The highest BCUT2D eigenvalue weighted by atomic mass is 32.1. The maximum Gasteiger partial charge on any atom is 0.266 e. The van der Waals surface area contributed by atoms with Crippen molar-refractivity contribution in [2.24, 2.45) is 0 Å². The molecule has 1 aliphatic heterocycles. The Morgan fingerprint density at radius 2 is 2.15 bits per heavy atom. The number of amides is 1. The molecule has 0 saturated carbocycles. The van der Waals surface area contributed by atoms with Crippen molar-refractivity contribution in [3.8, 4) is 10.6 Å². The summed E-state index contributed by atoms with van der Waals surface area (Å²) in [4.78, 5) is 25.3. The molecule has 0 aromatic carbocycles. The van der Waals surface area contributed by atoms with Crippen LogP contribution in [-0.2, 0) is 0 Å². The van der Waals surface area contributed by atoms with E-state index in [0.29, 0.717) is 12.1 Å². The molecule has 142 valence electrons. The predicted molar refractivity (Wildman–Crippen MR) is 110 cm³/mol. The van der Waals surface area contributed by atoms with Crippen LogP contribution in [0.5, 0.6) is 0 Å². The Bertz CT molecular complexity index is 987. The molecule has 4 rings (SSSR count). The van der Waals surface area contributed by atoms with Crippen LogP contribution in [0.3, 0.4) is 0 Å². The van der Waals surface area contributed by atoms with Gasteiger partial charge in [0.15, 0.2) is 0 Å². The topological polar surface area (TPSA) is 51.0 Å². The molecular formula is C21H26N4OS. The molecule has 5 nitrogen and oxygen atoms in total. The van der Waals surface area contributed by atoms with E-state index < -0.39 is 0 Å². The van der Waals surface area contributed by atoms with Crippen molar-refractivity contribution >= 4 is 28.3 Å². The van der Waals surface area contributed by atoms with Gasteiger partial charge in [0.05, 0.1) is 5.69 Å². The number of pyridine rings is 1. The molecule has 3 aromatic heterocycles. The van der Waals surface area contributed by atoms with Gasteiger partial charge in [0.2, 0.25) is 0 Å². The fourth-order valence-electron chi connectivity index (χ4n) is 3.89. The molecule has 0 spiro atoms. The van der Waals surface area contributed by atoms with Crippen molar-refractivity contribution in [1.82, 2.24) is 19.4 Å². The lowest BCUT2D eigenvalue weighted by atomic mass is 10.0. The van der Waals surface area contributed by atoms with E-state index in [0.717, 1.165) is 51.6 Å². The van der Waals surface area contributed by atoms with Gasteiger partial charge in [-0.15, -0.1) is 11.3 Å². The number of nitrogens with zero attached hydrogens (tertiary/aromatic N) is 4. The third-order valence-electron chi connectivity index (χ3n) is 5.43. The smallest absolute Gasteiger partial charge is 0.266 e. The summed E-state index contributed by atoms with van der Waals surface area (Å²) in [6.07, 6.45) is 7.33. The van der Waals surface area contributed by atoms with Gasteiger partial charge in [0, 0.05) is 42.0 Å². The van der Waals surface area contributed by atoms with Crippen LogP contribution in [0.2, 0.25) is 0 Å². The maximum absolute atomic E-state index is 13.1. The Kier molecular flexibility index (Phi) is 4.76. The summed E-state index contributed by atoms with van der Waals surface area (Å²) >= 11 is 1.51. The van der Waals surface area contributed by atoms with Crippen molar-refractivity contribution in [1.29, 1.82) is 0 Å². The average molecular weight is 383 g/mol. The van der Waals surface area contributed by atoms with Gasteiger partial charge in [-0.05, 0) is 59.1 Å². The second-order valence-electron chi connectivity index (χ2n) is 7.70. The summed E-state index contributed by atoms with van der Waals surface area (Å²) in [5.41, 5.74) is 2.85. The first-order valence-corrected chi connectivity index (χ1v) is 10.5. The molecule has 4 heterocycles. The lowest BCUT2D eigenvalue weighted by Crippen LogP contribution is -2.41. The van der Waals surface area contributed by atoms with Gasteiger partial charge in [0.25, 0.3) is 5.91 Å². The van der Waals surface area contributed by atoms with Crippen LogP contribution in [0.4, 0.5) is 0 Å². The minimum absolute atomic E-state index is 0.133. The van der Waals surface area contributed by atoms with Gasteiger partial charge in [-0.1, -0.05) is 0 Å². The molecule has 27 heavy (non-hydrogen) atoms. The minimum atomic E-state index is 0.133. The van der Waals surface area contributed by atoms with Gasteiger partial charge in [-0.3, -0.25) is 4.79 Å². The molecule has 1 atom stereocenters. The largest absolute Gasteiger partial charge is 0.335 e. The number of piperidine rings is 1. The third-order valence-corrected chi connectivity index (χ3v) is 6.61. The molecule has 1 amide bonds. The number of hydrogen-bond acceptors (Lipinski definition) is 4. The normalized spacial score (nSPS) is 17.8. The van der Waals surface area contributed by atoms with Crippen LogP contribution >= 0.6 is 11.3 Å². The van der Waals surface area contributed by atoms with E-state index in [9.17, 15) is 4.79 Å². The minimum Gasteiger partial charge on any atom is -0.335 e. The first kappa shape index (κ1) is 18.2. The third kappa shape index (κ3) is 3.16. The standard InChI is InChI=1S/C21H26N4OS/c1-13(2)25-12-17(16-9-7-10-22-19(16)25)20-23-15(4)18(27-20)21(26)24-11-6-5-8-14(24)3/h7,9-10,12-14H,5-6,8,11H2,1-4H3. The second-order valence-corrected chi connectivity index (χ2v) is 8.69. The van der Waals surface area contributed by atoms with Gasteiger partial charge in [-0.2, -0.15) is 0 Å². The van der Waals surface area contributed by atoms with E-state index in [4.69, 9.17) is 4.98 Å². The number of aromatic nitrogens is 3. The lowest BCUT2D eigenvalue weighted by Gasteiger charge is -2.33. The maximum atomic E-state index is 13.1. The molecule has 3 aromatic rings. The van der Waals surface area contributed by atoms with Gasteiger partial charge in [0.1, 0.15) is 15.5 Å². The van der Waals surface area contributed by atoms with E-state index in [1.807, 2.05) is 24.1 Å². The van der Waals surface area contributed by atoms with Gasteiger partial charge >= 0.3 is 0 Å². The zero-order valence-corrected chi connectivity index (χ0v) is 17.2. The summed E-state index contributed by atoms with van der Waals surface area (Å²) in [7, 11) is 0. The number of carbonyl (C=O) groups excluding carboxylic acids is 1. The number of hydrogen-bond donors (Lipinski definition) is 0. The summed E-state index contributed by atoms with van der Waals surface area (Å²) in [6, 6.07) is 4.66. The summed E-state index contributed by atoms with van der Waals surface area (Å²) in [6.45, 7) is 9.25. The Labute approximate surface area is 164 Å². The summed E-state index contributed by atoms with van der Waals surface area (Å²) in [5.74, 6) is 0.133. The molecule has 6 heteroatoms. The average Bonchev–Trinajstić information content (AvgIpc) is 3.22. The highest BCUT2D eigenvalue weighted by Crippen LogP contribution is 2.36. The summed E-state index contributed by atoms with van der Waals surface area (Å²) < 4.78 is 2.18.